The monoisotopic (exact) mass is 274 g/mol. The van der Waals surface area contributed by atoms with Crippen LogP contribution in [0.25, 0.3) is 0 Å². The van der Waals surface area contributed by atoms with Crippen LogP contribution in [0.5, 0.6) is 5.75 Å². The molecule has 0 amide bonds. The molecule has 1 aromatic heterocycles. The molecule has 0 spiro atoms. The molecule has 20 heavy (non-hydrogen) atoms. The van der Waals surface area contributed by atoms with Gasteiger partial charge in [-0.05, 0) is 31.8 Å². The van der Waals surface area contributed by atoms with Gasteiger partial charge in [-0.25, -0.2) is 4.98 Å². The molecular weight excluding hydrogens is 252 g/mol. The zero-order valence-electron chi connectivity index (χ0n) is 12.6. The lowest BCUT2D eigenvalue weighted by atomic mass is 10.1. The molecule has 0 saturated heterocycles. The van der Waals surface area contributed by atoms with Crippen molar-refractivity contribution in [2.24, 2.45) is 7.05 Å². The Labute approximate surface area is 120 Å². The van der Waals surface area contributed by atoms with Crippen molar-refractivity contribution in [1.29, 1.82) is 0 Å². The van der Waals surface area contributed by atoms with Crippen molar-refractivity contribution in [1.82, 2.24) is 14.5 Å². The summed E-state index contributed by atoms with van der Waals surface area (Å²) in [5.74, 6) is 1.84. The van der Waals surface area contributed by atoms with E-state index in [1.807, 2.05) is 23.9 Å². The number of aryl methyl sites for hydroxylation is 1. The largest absolute Gasteiger partial charge is 0.495 e. The predicted octanol–water partition coefficient (Wildman–Crippen LogP) is 2.10. The molecule has 0 fully saturated rings. The number of methoxy groups -OCH3 is 1. The summed E-state index contributed by atoms with van der Waals surface area (Å²) in [6, 6.07) is 6.21. The third-order valence-electron chi connectivity index (χ3n) is 3.12. The summed E-state index contributed by atoms with van der Waals surface area (Å²) >= 11 is 0. The lowest BCUT2D eigenvalue weighted by molar-refractivity contribution is 0.400. The van der Waals surface area contributed by atoms with E-state index in [4.69, 9.17) is 4.74 Å². The van der Waals surface area contributed by atoms with Gasteiger partial charge in [0.05, 0.1) is 19.3 Å². The van der Waals surface area contributed by atoms with Gasteiger partial charge < -0.3 is 19.5 Å². The number of benzene rings is 1. The van der Waals surface area contributed by atoms with E-state index in [0.717, 1.165) is 23.8 Å². The molecule has 1 N–H and O–H groups in total. The normalized spacial score (nSPS) is 10.8. The van der Waals surface area contributed by atoms with Crippen molar-refractivity contribution >= 4 is 5.69 Å². The lowest BCUT2D eigenvalue weighted by Crippen LogP contribution is -2.11. The fraction of sp³-hybridized carbons (Fsp3) is 0.400. The van der Waals surface area contributed by atoms with Crippen LogP contribution >= 0.6 is 0 Å². The highest BCUT2D eigenvalue weighted by molar-refractivity contribution is 5.58. The predicted molar refractivity (Wildman–Crippen MR) is 80.9 cm³/mol. The molecule has 2 aromatic rings. The number of anilines is 1. The van der Waals surface area contributed by atoms with E-state index >= 15 is 0 Å². The second kappa shape index (κ2) is 6.43. The second-order valence-electron chi connectivity index (χ2n) is 5.08. The number of nitrogens with one attached hydrogen (secondary N) is 1. The minimum Gasteiger partial charge on any atom is -0.495 e. The van der Waals surface area contributed by atoms with E-state index in [0.29, 0.717) is 6.54 Å². The highest BCUT2D eigenvalue weighted by Crippen LogP contribution is 2.26. The summed E-state index contributed by atoms with van der Waals surface area (Å²) < 4.78 is 7.41. The molecule has 0 saturated carbocycles. The maximum absolute atomic E-state index is 5.40. The first-order valence-corrected chi connectivity index (χ1v) is 6.62. The Kier molecular flexibility index (Phi) is 4.63. The van der Waals surface area contributed by atoms with Gasteiger partial charge in [0.2, 0.25) is 0 Å². The van der Waals surface area contributed by atoms with Crippen LogP contribution < -0.4 is 10.1 Å². The Bertz CT molecular complexity index is 563. The quantitative estimate of drug-likeness (QED) is 0.876. The Hall–Kier alpha value is -2.01. The highest BCUT2D eigenvalue weighted by atomic mass is 16.5. The fourth-order valence-corrected chi connectivity index (χ4v) is 2.10. The van der Waals surface area contributed by atoms with Crippen LogP contribution in [-0.4, -0.2) is 35.7 Å². The van der Waals surface area contributed by atoms with Gasteiger partial charge in [0.15, 0.2) is 0 Å². The minimum absolute atomic E-state index is 0.672. The van der Waals surface area contributed by atoms with Crippen molar-refractivity contribution in [3.8, 4) is 5.75 Å². The molecule has 5 heteroatoms. The minimum atomic E-state index is 0.672. The molecule has 1 heterocycles. The van der Waals surface area contributed by atoms with E-state index in [1.165, 1.54) is 5.56 Å². The Morgan fingerprint density at radius 2 is 2.15 bits per heavy atom. The first kappa shape index (κ1) is 14.4. The number of nitrogens with zero attached hydrogens (tertiary/aromatic N) is 3. The zero-order valence-corrected chi connectivity index (χ0v) is 12.6. The highest BCUT2D eigenvalue weighted by Gasteiger charge is 2.06. The number of hydrogen-bond donors (Lipinski definition) is 1. The van der Waals surface area contributed by atoms with Crippen LogP contribution in [-0.2, 0) is 20.1 Å². The number of rotatable bonds is 6. The third-order valence-corrected chi connectivity index (χ3v) is 3.12. The number of aromatic nitrogens is 2. The van der Waals surface area contributed by atoms with Crippen molar-refractivity contribution in [2.45, 2.75) is 13.1 Å². The van der Waals surface area contributed by atoms with Crippen molar-refractivity contribution in [3.05, 3.63) is 42.0 Å². The summed E-state index contributed by atoms with van der Waals surface area (Å²) in [4.78, 5) is 6.45. The Morgan fingerprint density at radius 3 is 2.75 bits per heavy atom. The topological polar surface area (TPSA) is 42.3 Å². The standard InChI is InChI=1S/C15H22N4O/c1-18(2)11-12-5-6-14(20-4)13(9-12)17-10-15-16-7-8-19(15)3/h5-9,17H,10-11H2,1-4H3. The summed E-state index contributed by atoms with van der Waals surface area (Å²) in [5.41, 5.74) is 2.24. The molecule has 1 aromatic carbocycles. The maximum atomic E-state index is 5.40. The van der Waals surface area contributed by atoms with E-state index in [-0.39, 0.29) is 0 Å². The molecule has 0 radical (unpaired) electrons. The Balaban J connectivity index is 2.13. The fourth-order valence-electron chi connectivity index (χ4n) is 2.10. The summed E-state index contributed by atoms with van der Waals surface area (Å²) in [6.07, 6.45) is 3.74. The summed E-state index contributed by atoms with van der Waals surface area (Å²) in [5, 5.41) is 3.39. The van der Waals surface area contributed by atoms with Crippen LogP contribution in [0.3, 0.4) is 0 Å². The van der Waals surface area contributed by atoms with E-state index in [2.05, 4.69) is 41.4 Å². The Morgan fingerprint density at radius 1 is 1.35 bits per heavy atom. The van der Waals surface area contributed by atoms with E-state index < -0.39 is 0 Å². The first-order valence-electron chi connectivity index (χ1n) is 6.62. The molecule has 2 rings (SSSR count). The van der Waals surface area contributed by atoms with Gasteiger partial charge >= 0.3 is 0 Å². The summed E-state index contributed by atoms with van der Waals surface area (Å²) in [6.45, 7) is 1.58. The maximum Gasteiger partial charge on any atom is 0.141 e. The van der Waals surface area contributed by atoms with Crippen LogP contribution in [0.2, 0.25) is 0 Å². The molecule has 0 atom stereocenters. The van der Waals surface area contributed by atoms with E-state index in [9.17, 15) is 0 Å². The molecule has 0 aliphatic rings. The van der Waals surface area contributed by atoms with Crippen molar-refractivity contribution in [3.63, 3.8) is 0 Å². The zero-order chi connectivity index (χ0) is 14.5. The molecular formula is C15H22N4O. The SMILES string of the molecule is COc1ccc(CN(C)C)cc1NCc1nccn1C. The van der Waals surface area contributed by atoms with Crippen molar-refractivity contribution < 1.29 is 4.74 Å². The number of ether oxygens (including phenoxy) is 1. The average Bonchev–Trinajstić information content (AvgIpc) is 2.81. The first-order chi connectivity index (χ1) is 9.60. The third kappa shape index (κ3) is 3.51. The van der Waals surface area contributed by atoms with Gasteiger partial charge in [-0.2, -0.15) is 0 Å². The molecule has 0 aliphatic carbocycles. The van der Waals surface area contributed by atoms with Crippen LogP contribution in [0.4, 0.5) is 5.69 Å². The van der Waals surface area contributed by atoms with Crippen LogP contribution in [0.15, 0.2) is 30.6 Å². The number of imidazole rings is 1. The van der Waals surface area contributed by atoms with Gasteiger partial charge in [-0.15, -0.1) is 0 Å². The summed E-state index contributed by atoms with van der Waals surface area (Å²) in [7, 11) is 7.80. The van der Waals surface area contributed by atoms with Crippen molar-refractivity contribution in [2.75, 3.05) is 26.5 Å². The van der Waals surface area contributed by atoms with Gasteiger partial charge in [0, 0.05) is 26.0 Å². The lowest BCUT2D eigenvalue weighted by Gasteiger charge is -2.15. The smallest absolute Gasteiger partial charge is 0.141 e. The molecule has 108 valence electrons. The average molecular weight is 274 g/mol. The van der Waals surface area contributed by atoms with Crippen LogP contribution in [0.1, 0.15) is 11.4 Å². The molecule has 0 aliphatic heterocycles. The van der Waals surface area contributed by atoms with Gasteiger partial charge in [-0.1, -0.05) is 6.07 Å². The van der Waals surface area contributed by atoms with E-state index in [1.54, 1.807) is 13.3 Å². The molecule has 0 bridgehead atoms. The van der Waals surface area contributed by atoms with Crippen LogP contribution in [0, 0.1) is 0 Å². The van der Waals surface area contributed by atoms with Gasteiger partial charge in [0.25, 0.3) is 0 Å². The number of hydrogen-bond acceptors (Lipinski definition) is 4. The molecule has 5 nitrogen and oxygen atoms in total. The van der Waals surface area contributed by atoms with Gasteiger partial charge in [-0.3, -0.25) is 0 Å². The second-order valence-corrected chi connectivity index (χ2v) is 5.08. The van der Waals surface area contributed by atoms with Gasteiger partial charge in [0.1, 0.15) is 11.6 Å². The molecule has 0 unspecified atom stereocenters.